The van der Waals surface area contributed by atoms with Gasteiger partial charge < -0.3 is 5.32 Å². The molecule has 1 aromatic heterocycles. The molecule has 0 aliphatic carbocycles. The van der Waals surface area contributed by atoms with E-state index in [2.05, 4.69) is 10.3 Å². The lowest BCUT2D eigenvalue weighted by atomic mass is 10.3. The lowest BCUT2D eigenvalue weighted by molar-refractivity contribution is 0.283. The molecule has 1 N–H and O–H groups in total. The Morgan fingerprint density at radius 2 is 2.35 bits per heavy atom. The van der Waals surface area contributed by atoms with Crippen molar-refractivity contribution < 1.29 is 8.42 Å². The van der Waals surface area contributed by atoms with Gasteiger partial charge in [-0.25, -0.2) is 8.42 Å². The van der Waals surface area contributed by atoms with Crippen LogP contribution in [-0.4, -0.2) is 43.4 Å². The Bertz CT molecular complexity index is 461. The molecule has 5 nitrogen and oxygen atoms in total. The van der Waals surface area contributed by atoms with Crippen LogP contribution in [0.2, 0.25) is 0 Å². The van der Waals surface area contributed by atoms with E-state index in [1.807, 2.05) is 6.92 Å². The van der Waals surface area contributed by atoms with Gasteiger partial charge in [-0.2, -0.15) is 4.31 Å². The molecule has 1 saturated heterocycles. The van der Waals surface area contributed by atoms with Crippen molar-refractivity contribution >= 4 is 10.0 Å². The van der Waals surface area contributed by atoms with E-state index in [0.717, 1.165) is 0 Å². The van der Waals surface area contributed by atoms with Crippen LogP contribution in [0, 0.1) is 0 Å². The van der Waals surface area contributed by atoms with Gasteiger partial charge in [-0.3, -0.25) is 4.98 Å². The maximum absolute atomic E-state index is 12.2. The largest absolute Gasteiger partial charge is 0.314 e. The average molecular weight is 255 g/mol. The summed E-state index contributed by atoms with van der Waals surface area (Å²) in [5, 5.41) is 3.18. The van der Waals surface area contributed by atoms with Gasteiger partial charge in [0.2, 0.25) is 10.0 Å². The minimum Gasteiger partial charge on any atom is -0.314 e. The molecule has 1 unspecified atom stereocenters. The first-order valence-corrected chi connectivity index (χ1v) is 7.30. The zero-order chi connectivity index (χ0) is 12.3. The van der Waals surface area contributed by atoms with Crippen molar-refractivity contribution in [1.82, 2.24) is 14.6 Å². The summed E-state index contributed by atoms with van der Waals surface area (Å²) < 4.78 is 26.0. The first-order valence-electron chi connectivity index (χ1n) is 5.70. The standard InChI is InChI=1S/C11H17N3O2S/c1-10-8-12-6-7-14(10)17(15,16)9-11-4-2-3-5-13-11/h2-5,10,12H,6-9H2,1H3. The molecular formula is C11H17N3O2S. The highest BCUT2D eigenvalue weighted by Crippen LogP contribution is 2.13. The van der Waals surface area contributed by atoms with E-state index in [1.165, 1.54) is 0 Å². The second kappa shape index (κ2) is 5.12. The van der Waals surface area contributed by atoms with Crippen LogP contribution in [0.3, 0.4) is 0 Å². The molecule has 0 spiro atoms. The normalized spacial score (nSPS) is 22.5. The zero-order valence-electron chi connectivity index (χ0n) is 9.83. The van der Waals surface area contributed by atoms with Crippen LogP contribution in [-0.2, 0) is 15.8 Å². The fourth-order valence-corrected chi connectivity index (χ4v) is 3.69. The highest BCUT2D eigenvalue weighted by atomic mass is 32.2. The lowest BCUT2D eigenvalue weighted by Gasteiger charge is -2.32. The Labute approximate surface area is 102 Å². The molecule has 6 heteroatoms. The summed E-state index contributed by atoms with van der Waals surface area (Å²) in [6.07, 6.45) is 1.62. The molecule has 94 valence electrons. The molecule has 0 aromatic carbocycles. The fourth-order valence-electron chi connectivity index (χ4n) is 1.99. The van der Waals surface area contributed by atoms with Crippen molar-refractivity contribution in [3.63, 3.8) is 0 Å². The number of piperazine rings is 1. The minimum absolute atomic E-state index is 0.0115. The quantitative estimate of drug-likeness (QED) is 0.838. The van der Waals surface area contributed by atoms with Crippen LogP contribution in [0.1, 0.15) is 12.6 Å². The topological polar surface area (TPSA) is 62.3 Å². The van der Waals surface area contributed by atoms with Crippen LogP contribution in [0.15, 0.2) is 24.4 Å². The van der Waals surface area contributed by atoms with Crippen LogP contribution >= 0.6 is 0 Å². The number of rotatable bonds is 3. The molecule has 17 heavy (non-hydrogen) atoms. The first-order chi connectivity index (χ1) is 8.09. The Morgan fingerprint density at radius 3 is 3.00 bits per heavy atom. The van der Waals surface area contributed by atoms with E-state index in [1.54, 1.807) is 28.7 Å². The number of sulfonamides is 1. The summed E-state index contributed by atoms with van der Waals surface area (Å²) in [4.78, 5) is 4.06. The third kappa shape index (κ3) is 3.02. The molecule has 1 aromatic rings. The van der Waals surface area contributed by atoms with Gasteiger partial charge in [-0.1, -0.05) is 6.07 Å². The highest BCUT2D eigenvalue weighted by Gasteiger charge is 2.29. The number of aromatic nitrogens is 1. The summed E-state index contributed by atoms with van der Waals surface area (Å²) >= 11 is 0. The van der Waals surface area contributed by atoms with E-state index in [4.69, 9.17) is 0 Å². The Balaban J connectivity index is 2.13. The molecular weight excluding hydrogens is 238 g/mol. The number of nitrogens with zero attached hydrogens (tertiary/aromatic N) is 2. The summed E-state index contributed by atoms with van der Waals surface area (Å²) in [6.45, 7) is 3.88. The molecule has 1 fully saturated rings. The van der Waals surface area contributed by atoms with Crippen molar-refractivity contribution in [2.45, 2.75) is 18.7 Å². The zero-order valence-corrected chi connectivity index (χ0v) is 10.7. The van der Waals surface area contributed by atoms with Crippen molar-refractivity contribution in [2.75, 3.05) is 19.6 Å². The number of hydrogen-bond donors (Lipinski definition) is 1. The van der Waals surface area contributed by atoms with E-state index < -0.39 is 10.0 Å². The molecule has 1 atom stereocenters. The Hall–Kier alpha value is -0.980. The molecule has 1 aliphatic rings. The van der Waals surface area contributed by atoms with E-state index >= 15 is 0 Å². The predicted molar refractivity (Wildman–Crippen MR) is 65.9 cm³/mol. The van der Waals surface area contributed by atoms with Gasteiger partial charge in [0.15, 0.2) is 0 Å². The second-order valence-electron chi connectivity index (χ2n) is 4.24. The number of hydrogen-bond acceptors (Lipinski definition) is 4. The number of nitrogens with one attached hydrogen (secondary N) is 1. The van der Waals surface area contributed by atoms with Gasteiger partial charge >= 0.3 is 0 Å². The van der Waals surface area contributed by atoms with E-state index in [-0.39, 0.29) is 11.8 Å². The second-order valence-corrected chi connectivity index (χ2v) is 6.16. The molecule has 1 aliphatic heterocycles. The minimum atomic E-state index is -3.25. The maximum Gasteiger partial charge on any atom is 0.220 e. The summed E-state index contributed by atoms with van der Waals surface area (Å²) in [5.41, 5.74) is 0.596. The van der Waals surface area contributed by atoms with Gasteiger partial charge in [0.25, 0.3) is 0 Å². The smallest absolute Gasteiger partial charge is 0.220 e. The van der Waals surface area contributed by atoms with Crippen molar-refractivity contribution in [1.29, 1.82) is 0 Å². The highest BCUT2D eigenvalue weighted by molar-refractivity contribution is 7.88. The third-order valence-corrected chi connectivity index (χ3v) is 4.77. The van der Waals surface area contributed by atoms with Gasteiger partial charge in [0, 0.05) is 31.9 Å². The van der Waals surface area contributed by atoms with Gasteiger partial charge in [0.05, 0.1) is 5.69 Å². The number of pyridine rings is 1. The Morgan fingerprint density at radius 1 is 1.53 bits per heavy atom. The van der Waals surface area contributed by atoms with E-state index in [0.29, 0.717) is 25.3 Å². The maximum atomic E-state index is 12.2. The third-order valence-electron chi connectivity index (χ3n) is 2.85. The van der Waals surface area contributed by atoms with Gasteiger partial charge in [-0.15, -0.1) is 0 Å². The van der Waals surface area contributed by atoms with Gasteiger partial charge in [-0.05, 0) is 19.1 Å². The monoisotopic (exact) mass is 255 g/mol. The molecule has 0 saturated carbocycles. The predicted octanol–water partition coefficient (Wildman–Crippen LogP) is 0.205. The lowest BCUT2D eigenvalue weighted by Crippen LogP contribution is -2.52. The van der Waals surface area contributed by atoms with Crippen LogP contribution in [0.25, 0.3) is 0 Å². The molecule has 2 heterocycles. The van der Waals surface area contributed by atoms with E-state index in [9.17, 15) is 8.42 Å². The molecule has 0 bridgehead atoms. The first kappa shape index (κ1) is 12.5. The van der Waals surface area contributed by atoms with Crippen LogP contribution in [0.5, 0.6) is 0 Å². The van der Waals surface area contributed by atoms with Crippen molar-refractivity contribution in [2.24, 2.45) is 0 Å². The average Bonchev–Trinajstić information content (AvgIpc) is 2.30. The SMILES string of the molecule is CC1CNCCN1S(=O)(=O)Cc1ccccn1. The van der Waals surface area contributed by atoms with Crippen molar-refractivity contribution in [3.05, 3.63) is 30.1 Å². The summed E-state index contributed by atoms with van der Waals surface area (Å²) in [6, 6.07) is 5.34. The summed E-state index contributed by atoms with van der Waals surface area (Å²) in [7, 11) is -3.25. The van der Waals surface area contributed by atoms with Crippen LogP contribution in [0.4, 0.5) is 0 Å². The van der Waals surface area contributed by atoms with Gasteiger partial charge in [0.1, 0.15) is 5.75 Å². The summed E-state index contributed by atoms with van der Waals surface area (Å²) in [5.74, 6) is -0.0157. The Kier molecular flexibility index (Phi) is 3.76. The fraction of sp³-hybridized carbons (Fsp3) is 0.545. The molecule has 0 amide bonds. The van der Waals surface area contributed by atoms with Crippen molar-refractivity contribution in [3.8, 4) is 0 Å². The molecule has 0 radical (unpaired) electrons. The molecule has 2 rings (SSSR count). The van der Waals surface area contributed by atoms with Crippen LogP contribution < -0.4 is 5.32 Å².